The first-order valence-electron chi connectivity index (χ1n) is 7.72. The zero-order valence-electron chi connectivity index (χ0n) is 13.1. The third-order valence-corrected chi connectivity index (χ3v) is 4.36. The van der Waals surface area contributed by atoms with Gasteiger partial charge in [-0.1, -0.05) is 18.2 Å². The molecular weight excluding hydrogens is 308 g/mol. The number of hydrogen-bond donors (Lipinski definition) is 1. The van der Waals surface area contributed by atoms with Crippen molar-refractivity contribution < 1.29 is 19.1 Å². The van der Waals surface area contributed by atoms with E-state index >= 15 is 0 Å². The van der Waals surface area contributed by atoms with Crippen molar-refractivity contribution in [1.29, 1.82) is 0 Å². The fourth-order valence-electron chi connectivity index (χ4n) is 3.18. The molecule has 0 aliphatic carbocycles. The van der Waals surface area contributed by atoms with Crippen LogP contribution < -0.4 is 19.7 Å². The van der Waals surface area contributed by atoms with Crippen molar-refractivity contribution in [2.24, 2.45) is 0 Å². The van der Waals surface area contributed by atoms with E-state index in [4.69, 9.17) is 9.47 Å². The molecule has 6 nitrogen and oxygen atoms in total. The molecule has 2 aliphatic heterocycles. The van der Waals surface area contributed by atoms with E-state index in [1.807, 2.05) is 24.3 Å². The van der Waals surface area contributed by atoms with Crippen molar-refractivity contribution in [1.82, 2.24) is 5.32 Å². The highest BCUT2D eigenvalue weighted by Crippen LogP contribution is 2.36. The minimum Gasteiger partial charge on any atom is -0.454 e. The Kier molecular flexibility index (Phi) is 3.37. The van der Waals surface area contributed by atoms with Crippen LogP contribution in [-0.2, 0) is 11.2 Å². The molecule has 2 aromatic rings. The molecule has 1 unspecified atom stereocenters. The molecule has 2 aliphatic rings. The summed E-state index contributed by atoms with van der Waals surface area (Å²) in [6.45, 7) is 0.153. The molecule has 6 heteroatoms. The minimum atomic E-state index is -0.551. The van der Waals surface area contributed by atoms with Crippen molar-refractivity contribution in [3.8, 4) is 11.5 Å². The molecule has 0 bridgehead atoms. The third-order valence-electron chi connectivity index (χ3n) is 4.36. The van der Waals surface area contributed by atoms with Crippen molar-refractivity contribution in [2.75, 3.05) is 18.7 Å². The summed E-state index contributed by atoms with van der Waals surface area (Å²) in [4.78, 5) is 26.9. The monoisotopic (exact) mass is 324 g/mol. The molecule has 0 aromatic heterocycles. The SMILES string of the molecule is CNC(=O)C1Cc2ccccc2N1C(=O)c1ccc2c(c1)OCO2. The van der Waals surface area contributed by atoms with E-state index in [0.717, 1.165) is 11.3 Å². The van der Waals surface area contributed by atoms with Gasteiger partial charge in [0.25, 0.3) is 5.91 Å². The number of fused-ring (bicyclic) bond motifs is 2. The van der Waals surface area contributed by atoms with E-state index in [9.17, 15) is 9.59 Å². The first-order chi connectivity index (χ1) is 11.7. The van der Waals surface area contributed by atoms with Gasteiger partial charge in [0.05, 0.1) is 0 Å². The number of anilines is 1. The Labute approximate surface area is 139 Å². The maximum atomic E-state index is 13.1. The molecule has 2 amide bonds. The summed E-state index contributed by atoms with van der Waals surface area (Å²) < 4.78 is 10.6. The Morgan fingerprint density at radius 2 is 1.92 bits per heavy atom. The molecule has 2 aromatic carbocycles. The van der Waals surface area contributed by atoms with Crippen LogP contribution >= 0.6 is 0 Å². The third kappa shape index (κ3) is 2.19. The first kappa shape index (κ1) is 14.6. The summed E-state index contributed by atoms with van der Waals surface area (Å²) in [7, 11) is 1.58. The van der Waals surface area contributed by atoms with Gasteiger partial charge < -0.3 is 14.8 Å². The van der Waals surface area contributed by atoms with Crippen molar-refractivity contribution in [3.63, 3.8) is 0 Å². The molecular formula is C18H16N2O4. The van der Waals surface area contributed by atoms with Crippen LogP contribution in [0.5, 0.6) is 11.5 Å². The number of nitrogens with one attached hydrogen (secondary N) is 1. The second-order valence-corrected chi connectivity index (χ2v) is 5.71. The van der Waals surface area contributed by atoms with Gasteiger partial charge in [-0.25, -0.2) is 0 Å². The van der Waals surface area contributed by atoms with Gasteiger partial charge in [0.15, 0.2) is 11.5 Å². The largest absolute Gasteiger partial charge is 0.454 e. The lowest BCUT2D eigenvalue weighted by Gasteiger charge is -2.24. The highest BCUT2D eigenvalue weighted by atomic mass is 16.7. The lowest BCUT2D eigenvalue weighted by atomic mass is 10.1. The Morgan fingerprint density at radius 1 is 1.12 bits per heavy atom. The van der Waals surface area contributed by atoms with Crippen LogP contribution in [-0.4, -0.2) is 31.7 Å². The maximum Gasteiger partial charge on any atom is 0.259 e. The van der Waals surface area contributed by atoms with Gasteiger partial charge in [0.2, 0.25) is 12.7 Å². The number of hydrogen-bond acceptors (Lipinski definition) is 4. The average Bonchev–Trinajstić information content (AvgIpc) is 3.23. The number of ether oxygens (including phenoxy) is 2. The molecule has 0 spiro atoms. The van der Waals surface area contributed by atoms with Gasteiger partial charge in [-0.05, 0) is 29.8 Å². The molecule has 1 atom stereocenters. The van der Waals surface area contributed by atoms with E-state index < -0.39 is 6.04 Å². The molecule has 1 N–H and O–H groups in total. The lowest BCUT2D eigenvalue weighted by molar-refractivity contribution is -0.121. The molecule has 2 heterocycles. The highest BCUT2D eigenvalue weighted by molar-refractivity contribution is 6.11. The topological polar surface area (TPSA) is 67.9 Å². The van der Waals surface area contributed by atoms with Crippen molar-refractivity contribution in [3.05, 3.63) is 53.6 Å². The Hall–Kier alpha value is -3.02. The predicted molar refractivity (Wildman–Crippen MR) is 87.4 cm³/mol. The van der Waals surface area contributed by atoms with Gasteiger partial charge in [-0.3, -0.25) is 14.5 Å². The number of likely N-dealkylation sites (N-methyl/N-ethyl adjacent to an activating group) is 1. The van der Waals surface area contributed by atoms with Gasteiger partial charge in [-0.15, -0.1) is 0 Å². The second kappa shape index (κ2) is 5.56. The molecule has 122 valence electrons. The van der Waals surface area contributed by atoms with Crippen LogP contribution in [0.25, 0.3) is 0 Å². The zero-order chi connectivity index (χ0) is 16.7. The molecule has 0 radical (unpaired) electrons. The fourth-order valence-corrected chi connectivity index (χ4v) is 3.18. The van der Waals surface area contributed by atoms with Crippen LogP contribution in [0.3, 0.4) is 0 Å². The highest BCUT2D eigenvalue weighted by Gasteiger charge is 2.38. The molecule has 0 fully saturated rings. The van der Waals surface area contributed by atoms with Crippen LogP contribution in [0.4, 0.5) is 5.69 Å². The number of rotatable bonds is 2. The molecule has 0 saturated carbocycles. The second-order valence-electron chi connectivity index (χ2n) is 5.71. The lowest BCUT2D eigenvalue weighted by Crippen LogP contribution is -2.47. The van der Waals surface area contributed by atoms with Gasteiger partial charge in [-0.2, -0.15) is 0 Å². The quantitative estimate of drug-likeness (QED) is 0.913. The number of nitrogens with zero attached hydrogens (tertiary/aromatic N) is 1. The number of carbonyl (C=O) groups excluding carboxylic acids is 2. The number of benzene rings is 2. The number of para-hydroxylation sites is 1. The number of amides is 2. The smallest absolute Gasteiger partial charge is 0.259 e. The van der Waals surface area contributed by atoms with Gasteiger partial charge in [0.1, 0.15) is 6.04 Å². The standard InChI is InChI=1S/C18H16N2O4/c1-19-17(21)14-8-11-4-2-3-5-13(11)20(14)18(22)12-6-7-15-16(9-12)24-10-23-15/h2-7,9,14H,8,10H2,1H3,(H,19,21). The van der Waals surface area contributed by atoms with E-state index in [-0.39, 0.29) is 18.6 Å². The maximum absolute atomic E-state index is 13.1. The van der Waals surface area contributed by atoms with Crippen LogP contribution in [0.15, 0.2) is 42.5 Å². The summed E-state index contributed by atoms with van der Waals surface area (Å²) in [6.07, 6.45) is 0.506. The van der Waals surface area contributed by atoms with E-state index in [2.05, 4.69) is 5.32 Å². The Bertz CT molecular complexity index is 834. The molecule has 0 saturated heterocycles. The Morgan fingerprint density at radius 3 is 2.75 bits per heavy atom. The predicted octanol–water partition coefficient (Wildman–Crippen LogP) is 1.73. The van der Waals surface area contributed by atoms with Crippen LogP contribution in [0.1, 0.15) is 15.9 Å². The van der Waals surface area contributed by atoms with E-state index in [1.165, 1.54) is 0 Å². The summed E-state index contributed by atoms with van der Waals surface area (Å²) >= 11 is 0. The summed E-state index contributed by atoms with van der Waals surface area (Å²) in [5.41, 5.74) is 2.22. The number of carbonyl (C=O) groups is 2. The molecule has 24 heavy (non-hydrogen) atoms. The van der Waals surface area contributed by atoms with Crippen LogP contribution in [0, 0.1) is 0 Å². The first-order valence-corrected chi connectivity index (χ1v) is 7.72. The van der Waals surface area contributed by atoms with Gasteiger partial charge >= 0.3 is 0 Å². The normalized spacial score (nSPS) is 17.5. The van der Waals surface area contributed by atoms with E-state index in [0.29, 0.717) is 23.5 Å². The van der Waals surface area contributed by atoms with Crippen LogP contribution in [0.2, 0.25) is 0 Å². The minimum absolute atomic E-state index is 0.153. The average molecular weight is 324 g/mol. The van der Waals surface area contributed by atoms with Gasteiger partial charge in [0, 0.05) is 24.7 Å². The zero-order valence-corrected chi connectivity index (χ0v) is 13.1. The molecule has 4 rings (SSSR count). The fraction of sp³-hybridized carbons (Fsp3) is 0.222. The van der Waals surface area contributed by atoms with Crippen molar-refractivity contribution in [2.45, 2.75) is 12.5 Å². The van der Waals surface area contributed by atoms with Crippen molar-refractivity contribution >= 4 is 17.5 Å². The summed E-state index contributed by atoms with van der Waals surface area (Å²) in [5, 5.41) is 2.64. The summed E-state index contributed by atoms with van der Waals surface area (Å²) in [5.74, 6) is 0.758. The Balaban J connectivity index is 1.74. The summed E-state index contributed by atoms with van der Waals surface area (Å²) in [6, 6.07) is 12.1. The van der Waals surface area contributed by atoms with E-state index in [1.54, 1.807) is 30.1 Å².